The fourth-order valence-corrected chi connectivity index (χ4v) is 4.69. The molecule has 6 heteroatoms. The van der Waals surface area contributed by atoms with Crippen LogP contribution in [-0.4, -0.2) is 37.8 Å². The van der Waals surface area contributed by atoms with Gasteiger partial charge in [-0.05, 0) is 37.3 Å². The minimum absolute atomic E-state index is 0.00102. The molecule has 2 amide bonds. The lowest BCUT2D eigenvalue weighted by Gasteiger charge is -2.55. The minimum Gasteiger partial charge on any atom is -0.467 e. The predicted octanol–water partition coefficient (Wildman–Crippen LogP) is 1.70. The highest BCUT2D eigenvalue weighted by Crippen LogP contribution is 2.52. The number of amides is 2. The van der Waals surface area contributed by atoms with Crippen LogP contribution in [0.25, 0.3) is 0 Å². The number of fused-ring (bicyclic) bond motifs is 3. The quantitative estimate of drug-likeness (QED) is 0.815. The zero-order chi connectivity index (χ0) is 17.4. The topological polar surface area (TPSA) is 76.7 Å². The van der Waals surface area contributed by atoms with Crippen molar-refractivity contribution in [2.24, 2.45) is 17.8 Å². The molecule has 2 bridgehead atoms. The van der Waals surface area contributed by atoms with Gasteiger partial charge in [-0.15, -0.1) is 0 Å². The van der Waals surface area contributed by atoms with Crippen molar-refractivity contribution < 1.29 is 19.1 Å². The second-order valence-electron chi connectivity index (χ2n) is 7.31. The molecule has 4 atom stereocenters. The van der Waals surface area contributed by atoms with Crippen molar-refractivity contribution in [3.8, 4) is 5.75 Å². The van der Waals surface area contributed by atoms with Gasteiger partial charge in [-0.2, -0.15) is 0 Å². The molecule has 1 aromatic rings. The lowest BCUT2D eigenvalue weighted by molar-refractivity contribution is -0.146. The van der Waals surface area contributed by atoms with Crippen LogP contribution in [0.4, 0.5) is 0 Å². The molecule has 1 heterocycles. The molecule has 5 rings (SSSR count). The summed E-state index contributed by atoms with van der Waals surface area (Å²) in [6.07, 6.45) is 3.44. The van der Waals surface area contributed by atoms with Crippen molar-refractivity contribution in [2.75, 3.05) is 20.3 Å². The van der Waals surface area contributed by atoms with Crippen molar-refractivity contribution in [1.29, 1.82) is 0 Å². The van der Waals surface area contributed by atoms with Crippen molar-refractivity contribution in [3.05, 3.63) is 29.8 Å². The number of carbonyl (C=O) groups is 2. The summed E-state index contributed by atoms with van der Waals surface area (Å²) in [7, 11) is 1.62. The molecule has 1 spiro atoms. The van der Waals surface area contributed by atoms with Gasteiger partial charge in [0.1, 0.15) is 5.75 Å². The Bertz CT molecular complexity index is 692. The van der Waals surface area contributed by atoms with Crippen LogP contribution in [-0.2, 0) is 9.53 Å². The van der Waals surface area contributed by atoms with Gasteiger partial charge in [0.25, 0.3) is 5.91 Å². The van der Waals surface area contributed by atoms with Crippen LogP contribution in [0, 0.1) is 17.8 Å². The Balaban J connectivity index is 1.51. The number of hydrogen-bond acceptors (Lipinski definition) is 4. The van der Waals surface area contributed by atoms with Gasteiger partial charge in [-0.1, -0.05) is 12.1 Å². The molecule has 134 valence electrons. The maximum atomic E-state index is 12.5. The number of rotatable bonds is 4. The van der Waals surface area contributed by atoms with Gasteiger partial charge in [-0.3, -0.25) is 9.59 Å². The first kappa shape index (κ1) is 16.4. The number of methoxy groups -OCH3 is 1. The molecular formula is C19H24N2O4. The Hall–Kier alpha value is -2.08. The van der Waals surface area contributed by atoms with E-state index in [4.69, 9.17) is 9.47 Å². The first-order valence-corrected chi connectivity index (χ1v) is 9.00. The molecule has 1 aliphatic heterocycles. The minimum atomic E-state index is -0.655. The summed E-state index contributed by atoms with van der Waals surface area (Å²) in [5.41, 5.74) is -0.0686. The Morgan fingerprint density at radius 1 is 1.40 bits per heavy atom. The molecule has 0 radical (unpaired) electrons. The third-order valence-corrected chi connectivity index (χ3v) is 5.91. The van der Waals surface area contributed by atoms with Crippen LogP contribution in [0.3, 0.4) is 0 Å². The monoisotopic (exact) mass is 344 g/mol. The van der Waals surface area contributed by atoms with Gasteiger partial charge < -0.3 is 20.1 Å². The molecule has 25 heavy (non-hydrogen) atoms. The van der Waals surface area contributed by atoms with Crippen LogP contribution in [0.1, 0.15) is 36.0 Å². The summed E-state index contributed by atoms with van der Waals surface area (Å²) in [6, 6.07) is 7.36. The highest BCUT2D eigenvalue weighted by Gasteiger charge is 2.57. The first-order chi connectivity index (χ1) is 12.1. The van der Waals surface area contributed by atoms with E-state index < -0.39 is 5.72 Å². The van der Waals surface area contributed by atoms with Crippen LogP contribution in [0.2, 0.25) is 0 Å². The summed E-state index contributed by atoms with van der Waals surface area (Å²) in [6.45, 7) is 1.06. The third kappa shape index (κ3) is 2.78. The smallest absolute Gasteiger partial charge is 0.258 e. The normalized spacial score (nSPS) is 32.7. The summed E-state index contributed by atoms with van der Waals surface area (Å²) in [4.78, 5) is 25.0. The largest absolute Gasteiger partial charge is 0.467 e. The molecule has 3 saturated carbocycles. The zero-order valence-corrected chi connectivity index (χ0v) is 14.4. The molecule has 0 aromatic heterocycles. The highest BCUT2D eigenvalue weighted by atomic mass is 16.5. The molecule has 0 unspecified atom stereocenters. The molecule has 0 saturated heterocycles. The average molecular weight is 344 g/mol. The molecule has 4 aliphatic rings. The first-order valence-electron chi connectivity index (χ1n) is 9.00. The molecule has 2 N–H and O–H groups in total. The summed E-state index contributed by atoms with van der Waals surface area (Å²) in [5.74, 6) is 1.07. The van der Waals surface area contributed by atoms with Gasteiger partial charge in [0, 0.05) is 31.9 Å². The van der Waals surface area contributed by atoms with Crippen LogP contribution >= 0.6 is 0 Å². The van der Waals surface area contributed by atoms with E-state index in [1.807, 2.05) is 18.2 Å². The van der Waals surface area contributed by atoms with E-state index in [1.54, 1.807) is 13.2 Å². The molecule has 6 nitrogen and oxygen atoms in total. The second kappa shape index (κ2) is 6.33. The summed E-state index contributed by atoms with van der Waals surface area (Å²) < 4.78 is 11.3. The Labute approximate surface area is 147 Å². The van der Waals surface area contributed by atoms with Gasteiger partial charge in [-0.25, -0.2) is 0 Å². The van der Waals surface area contributed by atoms with E-state index in [-0.39, 0.29) is 29.6 Å². The third-order valence-electron chi connectivity index (χ3n) is 5.91. The Kier molecular flexibility index (Phi) is 4.15. The van der Waals surface area contributed by atoms with Crippen LogP contribution in [0.15, 0.2) is 24.3 Å². The van der Waals surface area contributed by atoms with E-state index in [0.29, 0.717) is 30.9 Å². The van der Waals surface area contributed by atoms with Gasteiger partial charge in [0.15, 0.2) is 5.72 Å². The number of ether oxygens (including phenoxy) is 2. The zero-order valence-electron chi connectivity index (χ0n) is 14.4. The lowest BCUT2D eigenvalue weighted by Crippen LogP contribution is -2.67. The highest BCUT2D eigenvalue weighted by molar-refractivity contribution is 5.98. The molecule has 3 aliphatic carbocycles. The fraction of sp³-hybridized carbons (Fsp3) is 0.579. The number of para-hydroxylation sites is 1. The maximum absolute atomic E-state index is 12.5. The molecule has 3 fully saturated rings. The van der Waals surface area contributed by atoms with Crippen molar-refractivity contribution >= 4 is 11.8 Å². The summed E-state index contributed by atoms with van der Waals surface area (Å²) >= 11 is 0. The average Bonchev–Trinajstić information content (AvgIpc) is 2.62. The van der Waals surface area contributed by atoms with E-state index in [1.165, 1.54) is 0 Å². The lowest BCUT2D eigenvalue weighted by atomic mass is 9.60. The van der Waals surface area contributed by atoms with Gasteiger partial charge >= 0.3 is 0 Å². The van der Waals surface area contributed by atoms with Crippen LogP contribution in [0.5, 0.6) is 5.75 Å². The van der Waals surface area contributed by atoms with Crippen molar-refractivity contribution in [1.82, 2.24) is 10.6 Å². The van der Waals surface area contributed by atoms with Gasteiger partial charge in [0.05, 0.1) is 12.2 Å². The number of carbonyl (C=O) groups excluding carboxylic acids is 2. The standard InChI is InChI=1S/C19H24N2O4/c1-24-9-8-20-17(22)15-10-13-7-6-12(15)11-19(13)21-18(23)14-4-2-3-5-16(14)25-19/h2-5,12-13,15H,6-11H2,1H3,(H,20,22)(H,21,23)/t12-,13+,15-,19+/m0/s1. The number of benzene rings is 1. The Morgan fingerprint density at radius 3 is 3.00 bits per heavy atom. The van der Waals surface area contributed by atoms with Crippen molar-refractivity contribution in [2.45, 2.75) is 31.4 Å². The SMILES string of the molecule is COCCNC(=O)[C@H]1C[C@H]2CC[C@H]1C[C@]21NC(=O)c2ccccc2O1. The fourth-order valence-electron chi connectivity index (χ4n) is 4.69. The second-order valence-corrected chi connectivity index (χ2v) is 7.31. The van der Waals surface area contributed by atoms with Crippen LogP contribution < -0.4 is 15.4 Å². The van der Waals surface area contributed by atoms with E-state index >= 15 is 0 Å². The van der Waals surface area contributed by atoms with Crippen molar-refractivity contribution in [3.63, 3.8) is 0 Å². The predicted molar refractivity (Wildman–Crippen MR) is 91.1 cm³/mol. The maximum Gasteiger partial charge on any atom is 0.258 e. The summed E-state index contributed by atoms with van der Waals surface area (Å²) in [5, 5.41) is 6.08. The van der Waals surface area contributed by atoms with E-state index in [0.717, 1.165) is 19.3 Å². The number of hydrogen-bond donors (Lipinski definition) is 2. The molecule has 1 aromatic carbocycles. The Morgan fingerprint density at radius 2 is 2.24 bits per heavy atom. The van der Waals surface area contributed by atoms with Gasteiger partial charge in [0.2, 0.25) is 5.91 Å². The van der Waals surface area contributed by atoms with E-state index in [9.17, 15) is 9.59 Å². The van der Waals surface area contributed by atoms with E-state index in [2.05, 4.69) is 10.6 Å². The molecular weight excluding hydrogens is 320 g/mol. The number of nitrogens with one attached hydrogen (secondary N) is 2.